The van der Waals surface area contributed by atoms with Crippen molar-refractivity contribution >= 4 is 11.8 Å². The molecule has 0 aromatic carbocycles. The summed E-state index contributed by atoms with van der Waals surface area (Å²) in [6, 6.07) is 0. The number of ether oxygens (including phenoxy) is 1. The van der Waals surface area contributed by atoms with Gasteiger partial charge in [-0.3, -0.25) is 9.59 Å². The number of hydrogen-bond donors (Lipinski definition) is 1. The Balaban J connectivity index is 1.53. The molecule has 0 radical (unpaired) electrons. The molecule has 0 aromatic rings. The minimum absolute atomic E-state index is 0.103. The summed E-state index contributed by atoms with van der Waals surface area (Å²) in [5.41, 5.74) is 0.499. The van der Waals surface area contributed by atoms with Crippen LogP contribution in [0.2, 0.25) is 0 Å². The zero-order valence-electron chi connectivity index (χ0n) is 18.8. The van der Waals surface area contributed by atoms with Crippen LogP contribution in [0.5, 0.6) is 0 Å². The predicted octanol–water partition coefficient (Wildman–Crippen LogP) is 4.77. The lowest BCUT2D eigenvalue weighted by Crippen LogP contribution is -2.58. The molecule has 0 aliphatic heterocycles. The van der Waals surface area contributed by atoms with Crippen molar-refractivity contribution in [3.63, 3.8) is 0 Å². The third-order valence-electron chi connectivity index (χ3n) is 10.3. The molecule has 4 fully saturated rings. The average Bonchev–Trinajstić information content (AvgIpc) is 3.04. The van der Waals surface area contributed by atoms with Crippen LogP contribution >= 0.6 is 0 Å². The van der Waals surface area contributed by atoms with Crippen LogP contribution in [0.4, 0.5) is 0 Å². The minimum Gasteiger partial charge on any atom is -0.469 e. The molecule has 4 nitrogen and oxygen atoms in total. The largest absolute Gasteiger partial charge is 0.469 e. The molecule has 1 unspecified atom stereocenters. The van der Waals surface area contributed by atoms with E-state index in [0.29, 0.717) is 54.1 Å². The minimum atomic E-state index is -0.252. The summed E-state index contributed by atoms with van der Waals surface area (Å²) in [5.74, 6) is 3.35. The fourth-order valence-corrected chi connectivity index (χ4v) is 8.64. The van der Waals surface area contributed by atoms with Gasteiger partial charge in [-0.1, -0.05) is 20.8 Å². The van der Waals surface area contributed by atoms with Crippen molar-refractivity contribution < 1.29 is 19.4 Å². The first-order chi connectivity index (χ1) is 13.7. The van der Waals surface area contributed by atoms with Crippen molar-refractivity contribution in [1.82, 2.24) is 0 Å². The molecule has 4 saturated carbocycles. The Bertz CT molecular complexity index is 659. The van der Waals surface area contributed by atoms with Crippen LogP contribution < -0.4 is 0 Å². The lowest BCUT2D eigenvalue weighted by molar-refractivity contribution is -0.169. The number of aliphatic hydroxyl groups is 1. The number of hydrogen-bond acceptors (Lipinski definition) is 4. The maximum atomic E-state index is 12.1. The van der Waals surface area contributed by atoms with E-state index in [2.05, 4.69) is 20.8 Å². The third kappa shape index (κ3) is 3.38. The van der Waals surface area contributed by atoms with Crippen molar-refractivity contribution in [1.29, 1.82) is 0 Å². The number of rotatable bonds is 4. The summed E-state index contributed by atoms with van der Waals surface area (Å²) in [6.07, 6.45) is 9.27. The molecule has 29 heavy (non-hydrogen) atoms. The number of fused-ring (bicyclic) bond motifs is 5. The molecule has 4 aliphatic carbocycles. The van der Waals surface area contributed by atoms with Gasteiger partial charge >= 0.3 is 5.97 Å². The van der Waals surface area contributed by atoms with Gasteiger partial charge < -0.3 is 9.84 Å². The average molecular weight is 405 g/mol. The van der Waals surface area contributed by atoms with Gasteiger partial charge in [-0.15, -0.1) is 0 Å². The third-order valence-corrected chi connectivity index (χ3v) is 10.3. The number of methoxy groups -OCH3 is 1. The molecule has 0 bridgehead atoms. The fraction of sp³-hybridized carbons (Fsp3) is 0.920. The van der Waals surface area contributed by atoms with Crippen LogP contribution in [0.15, 0.2) is 0 Å². The van der Waals surface area contributed by atoms with Crippen molar-refractivity contribution in [2.45, 2.75) is 91.1 Å². The van der Waals surface area contributed by atoms with Crippen LogP contribution in [0.25, 0.3) is 0 Å². The molecule has 4 aliphatic rings. The first-order valence-corrected chi connectivity index (χ1v) is 12.0. The van der Waals surface area contributed by atoms with Gasteiger partial charge in [-0.2, -0.15) is 0 Å². The fourth-order valence-electron chi connectivity index (χ4n) is 8.64. The van der Waals surface area contributed by atoms with Gasteiger partial charge in [0.2, 0.25) is 0 Å². The Hall–Kier alpha value is -0.900. The summed E-state index contributed by atoms with van der Waals surface area (Å²) in [4.78, 5) is 23.7. The summed E-state index contributed by atoms with van der Waals surface area (Å²) in [7, 11) is 1.47. The normalized spacial score (nSPS) is 47.7. The van der Waals surface area contributed by atoms with Crippen LogP contribution in [0.1, 0.15) is 85.0 Å². The first kappa shape index (κ1) is 21.3. The monoisotopic (exact) mass is 404 g/mol. The number of carbonyl (C=O) groups is 2. The van der Waals surface area contributed by atoms with Crippen LogP contribution in [0.3, 0.4) is 0 Å². The Kier molecular flexibility index (Phi) is 5.63. The smallest absolute Gasteiger partial charge is 0.305 e. The van der Waals surface area contributed by atoms with E-state index in [0.717, 1.165) is 25.7 Å². The highest BCUT2D eigenvalue weighted by atomic mass is 16.5. The summed E-state index contributed by atoms with van der Waals surface area (Å²) in [6.45, 7) is 7.22. The second kappa shape index (κ2) is 7.66. The molecule has 0 saturated heterocycles. The molecule has 4 heteroatoms. The molecule has 0 heterocycles. The van der Waals surface area contributed by atoms with Gasteiger partial charge in [-0.25, -0.2) is 0 Å². The highest BCUT2D eigenvalue weighted by Gasteiger charge is 2.62. The zero-order chi connectivity index (χ0) is 21.0. The molecule has 164 valence electrons. The van der Waals surface area contributed by atoms with E-state index in [-0.39, 0.29) is 22.9 Å². The molecule has 0 aromatic heterocycles. The molecular formula is C25H40O4. The van der Waals surface area contributed by atoms with Crippen LogP contribution in [-0.4, -0.2) is 30.1 Å². The summed E-state index contributed by atoms with van der Waals surface area (Å²) >= 11 is 0. The van der Waals surface area contributed by atoms with Crippen molar-refractivity contribution in [3.8, 4) is 0 Å². The summed E-state index contributed by atoms with van der Waals surface area (Å²) < 4.78 is 4.85. The first-order valence-electron chi connectivity index (χ1n) is 12.0. The second-order valence-electron chi connectivity index (χ2n) is 11.4. The van der Waals surface area contributed by atoms with E-state index < -0.39 is 0 Å². The van der Waals surface area contributed by atoms with Gasteiger partial charge in [0, 0.05) is 19.3 Å². The lowest BCUT2D eigenvalue weighted by atomic mass is 9.44. The van der Waals surface area contributed by atoms with Gasteiger partial charge in [-0.05, 0) is 91.3 Å². The van der Waals surface area contributed by atoms with E-state index in [9.17, 15) is 14.7 Å². The van der Waals surface area contributed by atoms with Gasteiger partial charge in [0.25, 0.3) is 0 Å². The predicted molar refractivity (Wildman–Crippen MR) is 112 cm³/mol. The Labute approximate surface area is 176 Å². The number of Topliss-reactive ketones (excluding diaryl/α,β-unsaturated/α-hetero) is 1. The van der Waals surface area contributed by atoms with Crippen molar-refractivity contribution in [2.75, 3.05) is 7.11 Å². The van der Waals surface area contributed by atoms with E-state index in [1.807, 2.05) is 0 Å². The highest BCUT2D eigenvalue weighted by Crippen LogP contribution is 2.68. The van der Waals surface area contributed by atoms with Gasteiger partial charge in [0.1, 0.15) is 5.78 Å². The standard InChI is InChI=1S/C25H40O4/c1-15(5-8-22(28)29-4)18-6-7-19-23-20(10-12-25(18,19)3)24(2)11-9-17(26)13-16(24)14-21(23)27/h15-16,18-21,23,27H,5-14H2,1-4H3/t15-,16+,18-,19+,20+,21?,23+,24+,25-/m1/s1. The van der Waals surface area contributed by atoms with Gasteiger partial charge in [0.15, 0.2) is 0 Å². The molecule has 1 N–H and O–H groups in total. The maximum Gasteiger partial charge on any atom is 0.305 e. The summed E-state index contributed by atoms with van der Waals surface area (Å²) in [5, 5.41) is 11.3. The highest BCUT2D eigenvalue weighted by molar-refractivity contribution is 5.79. The molecule has 9 atom stereocenters. The Morgan fingerprint density at radius 2 is 1.90 bits per heavy atom. The van der Waals surface area contributed by atoms with E-state index in [1.165, 1.54) is 32.8 Å². The van der Waals surface area contributed by atoms with Crippen molar-refractivity contribution in [2.24, 2.45) is 46.3 Å². The Morgan fingerprint density at radius 1 is 1.17 bits per heavy atom. The quantitative estimate of drug-likeness (QED) is 0.685. The van der Waals surface area contributed by atoms with Gasteiger partial charge in [0.05, 0.1) is 13.2 Å². The SMILES string of the molecule is COC(=O)CC[C@@H](C)[C@H]1CC[C@H]2[C@@H]3C(O)C[C@@H]4CC(=O)CC[C@]4(C)[C@H]3CC[C@]12C. The molecule has 0 amide bonds. The molecule has 0 spiro atoms. The molecular weight excluding hydrogens is 364 g/mol. The Morgan fingerprint density at radius 3 is 2.62 bits per heavy atom. The second-order valence-corrected chi connectivity index (χ2v) is 11.4. The van der Waals surface area contributed by atoms with E-state index in [4.69, 9.17) is 4.74 Å². The number of ketones is 1. The number of aliphatic hydroxyl groups excluding tert-OH is 1. The maximum absolute atomic E-state index is 12.1. The van der Waals surface area contributed by atoms with E-state index >= 15 is 0 Å². The number of esters is 1. The van der Waals surface area contributed by atoms with Crippen LogP contribution in [-0.2, 0) is 14.3 Å². The zero-order valence-corrected chi connectivity index (χ0v) is 18.8. The topological polar surface area (TPSA) is 63.6 Å². The van der Waals surface area contributed by atoms with E-state index in [1.54, 1.807) is 0 Å². The number of carbonyl (C=O) groups excluding carboxylic acids is 2. The van der Waals surface area contributed by atoms with Crippen LogP contribution in [0, 0.1) is 46.3 Å². The van der Waals surface area contributed by atoms with Crippen molar-refractivity contribution in [3.05, 3.63) is 0 Å². The molecule has 4 rings (SSSR count). The lowest BCUT2D eigenvalue weighted by Gasteiger charge is -2.62.